The molecule has 0 aliphatic carbocycles. The Labute approximate surface area is 172 Å². The monoisotopic (exact) mass is 398 g/mol. The third kappa shape index (κ3) is 7.73. The van der Waals surface area contributed by atoms with Crippen LogP contribution in [-0.2, 0) is 17.8 Å². The molecule has 2 aromatic carbocycles. The number of carbonyl (C=O) groups excluding carboxylic acids is 1. The molecule has 0 saturated carbocycles. The van der Waals surface area contributed by atoms with Gasteiger partial charge in [-0.25, -0.2) is 4.99 Å². The van der Waals surface area contributed by atoms with Gasteiger partial charge in [0.05, 0.1) is 13.7 Å². The van der Waals surface area contributed by atoms with E-state index in [1.807, 2.05) is 32.0 Å². The predicted molar refractivity (Wildman–Crippen MR) is 115 cm³/mol. The highest BCUT2D eigenvalue weighted by atomic mass is 16.5. The molecule has 2 aromatic rings. The summed E-state index contributed by atoms with van der Waals surface area (Å²) in [4.78, 5) is 15.5. The van der Waals surface area contributed by atoms with E-state index in [0.29, 0.717) is 12.3 Å². The number of rotatable bonds is 10. The van der Waals surface area contributed by atoms with Gasteiger partial charge in [-0.3, -0.25) is 4.79 Å². The summed E-state index contributed by atoms with van der Waals surface area (Å²) >= 11 is 0. The lowest BCUT2D eigenvalue weighted by molar-refractivity contribution is -0.119. The number of ether oxygens (including phenoxy) is 2. The van der Waals surface area contributed by atoms with Crippen LogP contribution >= 0.6 is 0 Å². The summed E-state index contributed by atoms with van der Waals surface area (Å²) in [6.07, 6.45) is 0.859. The van der Waals surface area contributed by atoms with Crippen LogP contribution in [-0.4, -0.2) is 38.7 Å². The van der Waals surface area contributed by atoms with E-state index in [-0.39, 0.29) is 6.61 Å². The van der Waals surface area contributed by atoms with Crippen molar-refractivity contribution in [1.29, 1.82) is 0 Å². The lowest BCUT2D eigenvalue weighted by Gasteiger charge is -2.12. The average Bonchev–Trinajstić information content (AvgIpc) is 2.72. The van der Waals surface area contributed by atoms with Gasteiger partial charge in [0.1, 0.15) is 11.5 Å². The first-order valence-electron chi connectivity index (χ1n) is 9.67. The quantitative estimate of drug-likeness (QED) is 0.421. The Kier molecular flexibility index (Phi) is 8.82. The van der Waals surface area contributed by atoms with Gasteiger partial charge < -0.3 is 25.8 Å². The van der Waals surface area contributed by atoms with Crippen LogP contribution in [0.1, 0.15) is 23.6 Å². The number of nitrogens with two attached hydrogens (primary N) is 1. The van der Waals surface area contributed by atoms with Crippen molar-refractivity contribution in [2.75, 3.05) is 26.8 Å². The Morgan fingerprint density at radius 1 is 1.14 bits per heavy atom. The van der Waals surface area contributed by atoms with Crippen molar-refractivity contribution in [3.05, 3.63) is 59.2 Å². The fourth-order valence-electron chi connectivity index (χ4n) is 2.75. The lowest BCUT2D eigenvalue weighted by atomic mass is 10.1. The topological polar surface area (TPSA) is 98.0 Å². The summed E-state index contributed by atoms with van der Waals surface area (Å²) in [5.74, 6) is 1.75. The number of primary amides is 1. The largest absolute Gasteiger partial charge is 0.496 e. The third-order valence-electron chi connectivity index (χ3n) is 4.22. The minimum absolute atomic E-state index is 0.138. The predicted octanol–water partition coefficient (Wildman–Crippen LogP) is 2.17. The van der Waals surface area contributed by atoms with Crippen LogP contribution in [0.25, 0.3) is 0 Å². The minimum Gasteiger partial charge on any atom is -0.496 e. The molecule has 0 spiro atoms. The van der Waals surface area contributed by atoms with Crippen molar-refractivity contribution in [3.8, 4) is 11.5 Å². The van der Waals surface area contributed by atoms with Crippen LogP contribution in [0.15, 0.2) is 47.5 Å². The van der Waals surface area contributed by atoms with Gasteiger partial charge in [-0.15, -0.1) is 0 Å². The van der Waals surface area contributed by atoms with Crippen molar-refractivity contribution in [2.24, 2.45) is 10.7 Å². The second kappa shape index (κ2) is 11.6. The number of hydrogen-bond acceptors (Lipinski definition) is 4. The maximum absolute atomic E-state index is 10.9. The number of amides is 1. The van der Waals surface area contributed by atoms with Crippen molar-refractivity contribution >= 4 is 11.9 Å². The molecule has 0 atom stereocenters. The Bertz CT molecular complexity index is 837. The molecule has 1 amide bonds. The summed E-state index contributed by atoms with van der Waals surface area (Å²) < 4.78 is 10.7. The maximum Gasteiger partial charge on any atom is 0.255 e. The van der Waals surface area contributed by atoms with Gasteiger partial charge in [0, 0.05) is 13.1 Å². The van der Waals surface area contributed by atoms with Crippen molar-refractivity contribution < 1.29 is 14.3 Å². The third-order valence-corrected chi connectivity index (χ3v) is 4.22. The molecule has 4 N–H and O–H groups in total. The van der Waals surface area contributed by atoms with Gasteiger partial charge in [-0.05, 0) is 55.2 Å². The molecule has 0 aliphatic heterocycles. The van der Waals surface area contributed by atoms with Crippen LogP contribution in [0.3, 0.4) is 0 Å². The summed E-state index contributed by atoms with van der Waals surface area (Å²) in [5.41, 5.74) is 8.42. The molecule has 0 unspecified atom stereocenters. The zero-order chi connectivity index (χ0) is 21.1. The van der Waals surface area contributed by atoms with E-state index in [2.05, 4.69) is 33.8 Å². The van der Waals surface area contributed by atoms with E-state index in [0.717, 1.165) is 42.3 Å². The van der Waals surface area contributed by atoms with Gasteiger partial charge in [0.25, 0.3) is 5.91 Å². The van der Waals surface area contributed by atoms with Crippen molar-refractivity contribution in [3.63, 3.8) is 0 Å². The standard InChI is InChI=1S/C22H30N4O3/c1-4-24-22(25-11-10-17-9-8-16(2)20(13-17)28-3)26-14-18-6-5-7-19(12-18)29-15-21(23)27/h5-9,12-13H,4,10-11,14-15H2,1-3H3,(H2,23,27)(H2,24,25,26). The molecular formula is C22H30N4O3. The van der Waals surface area contributed by atoms with Crippen molar-refractivity contribution in [1.82, 2.24) is 10.6 Å². The van der Waals surface area contributed by atoms with Crippen LogP contribution in [0.4, 0.5) is 0 Å². The van der Waals surface area contributed by atoms with Crippen LogP contribution in [0.5, 0.6) is 11.5 Å². The zero-order valence-electron chi connectivity index (χ0n) is 17.3. The van der Waals surface area contributed by atoms with Crippen LogP contribution in [0, 0.1) is 6.92 Å². The molecule has 2 rings (SSSR count). The molecule has 7 heteroatoms. The van der Waals surface area contributed by atoms with Crippen molar-refractivity contribution in [2.45, 2.75) is 26.8 Å². The smallest absolute Gasteiger partial charge is 0.255 e. The lowest BCUT2D eigenvalue weighted by Crippen LogP contribution is -2.38. The number of methoxy groups -OCH3 is 1. The van der Waals surface area contributed by atoms with Gasteiger partial charge >= 0.3 is 0 Å². The second-order valence-corrected chi connectivity index (χ2v) is 6.58. The number of aryl methyl sites for hydroxylation is 1. The number of guanidine groups is 1. The van der Waals surface area contributed by atoms with Gasteiger partial charge in [0.15, 0.2) is 12.6 Å². The van der Waals surface area contributed by atoms with E-state index in [4.69, 9.17) is 15.2 Å². The number of hydrogen-bond donors (Lipinski definition) is 3. The Morgan fingerprint density at radius 2 is 1.97 bits per heavy atom. The van der Waals surface area contributed by atoms with Gasteiger partial charge in [-0.1, -0.05) is 24.3 Å². The van der Waals surface area contributed by atoms with E-state index >= 15 is 0 Å². The van der Waals surface area contributed by atoms with Gasteiger partial charge in [0.2, 0.25) is 0 Å². The second-order valence-electron chi connectivity index (χ2n) is 6.58. The summed E-state index contributed by atoms with van der Waals surface area (Å²) in [5, 5.41) is 6.60. The van der Waals surface area contributed by atoms with E-state index in [9.17, 15) is 4.79 Å². The molecule has 0 bridgehead atoms. The van der Waals surface area contributed by atoms with Crippen LogP contribution in [0.2, 0.25) is 0 Å². The maximum atomic E-state index is 10.9. The molecule has 29 heavy (non-hydrogen) atoms. The molecule has 0 saturated heterocycles. The van der Waals surface area contributed by atoms with E-state index in [1.165, 1.54) is 5.56 Å². The number of nitrogens with zero attached hydrogens (tertiary/aromatic N) is 1. The number of carbonyl (C=O) groups is 1. The highest BCUT2D eigenvalue weighted by molar-refractivity contribution is 5.79. The zero-order valence-corrected chi connectivity index (χ0v) is 17.3. The fourth-order valence-corrected chi connectivity index (χ4v) is 2.75. The first-order valence-corrected chi connectivity index (χ1v) is 9.67. The molecule has 0 aromatic heterocycles. The number of benzene rings is 2. The van der Waals surface area contributed by atoms with E-state index < -0.39 is 5.91 Å². The molecular weight excluding hydrogens is 368 g/mol. The molecule has 0 fully saturated rings. The Morgan fingerprint density at radius 3 is 2.69 bits per heavy atom. The number of nitrogens with one attached hydrogen (secondary N) is 2. The van der Waals surface area contributed by atoms with Gasteiger partial charge in [-0.2, -0.15) is 0 Å². The average molecular weight is 399 g/mol. The normalized spacial score (nSPS) is 11.1. The summed E-state index contributed by atoms with van der Waals surface area (Å²) in [7, 11) is 1.69. The Hall–Kier alpha value is -3.22. The molecule has 7 nitrogen and oxygen atoms in total. The minimum atomic E-state index is -0.502. The highest BCUT2D eigenvalue weighted by Crippen LogP contribution is 2.19. The highest BCUT2D eigenvalue weighted by Gasteiger charge is 2.03. The first kappa shape index (κ1) is 22.1. The molecule has 0 radical (unpaired) electrons. The Balaban J connectivity index is 1.92. The molecule has 0 aliphatic rings. The summed E-state index contributed by atoms with van der Waals surface area (Å²) in [6, 6.07) is 13.7. The van der Waals surface area contributed by atoms with Crippen LogP contribution < -0.4 is 25.8 Å². The molecule has 156 valence electrons. The molecule has 0 heterocycles. The summed E-state index contributed by atoms with van der Waals surface area (Å²) in [6.45, 7) is 5.93. The fraction of sp³-hybridized carbons (Fsp3) is 0.364. The van der Waals surface area contributed by atoms with E-state index in [1.54, 1.807) is 13.2 Å². The SMILES string of the molecule is CCNC(=NCc1cccc(OCC(N)=O)c1)NCCc1ccc(C)c(OC)c1. The first-order chi connectivity index (χ1) is 14.0. The number of aliphatic imine (C=N–C) groups is 1.